The van der Waals surface area contributed by atoms with E-state index in [-0.39, 0.29) is 0 Å². The molecule has 94 valence electrons. The Morgan fingerprint density at radius 2 is 1.89 bits per heavy atom. The molecule has 0 amide bonds. The van der Waals surface area contributed by atoms with Gasteiger partial charge in [-0.3, -0.25) is 4.98 Å². The van der Waals surface area contributed by atoms with Gasteiger partial charge in [-0.15, -0.1) is 0 Å². The third-order valence-electron chi connectivity index (χ3n) is 2.79. The largest absolute Gasteiger partial charge is 0.396 e. The quantitative estimate of drug-likeness (QED) is 0.747. The number of nitrogens with two attached hydrogens (primary N) is 2. The Kier molecular flexibility index (Phi) is 2.97. The van der Waals surface area contributed by atoms with Gasteiger partial charge in [0.2, 0.25) is 0 Å². The van der Waals surface area contributed by atoms with Crippen molar-refractivity contribution in [1.29, 1.82) is 0 Å². The molecule has 0 bridgehead atoms. The molecule has 0 fully saturated rings. The highest BCUT2D eigenvalue weighted by atomic mass is 32.2. The Morgan fingerprint density at radius 3 is 2.74 bits per heavy atom. The van der Waals surface area contributed by atoms with Crippen molar-refractivity contribution in [3.05, 3.63) is 48.8 Å². The molecule has 0 aliphatic rings. The maximum atomic E-state index is 5.73. The number of benzene rings is 1. The van der Waals surface area contributed by atoms with Crippen molar-refractivity contribution in [2.45, 2.75) is 9.92 Å². The number of hydrogen-bond acceptors (Lipinski definition) is 5. The van der Waals surface area contributed by atoms with Crippen LogP contribution in [-0.4, -0.2) is 9.97 Å². The van der Waals surface area contributed by atoms with Crippen LogP contribution in [0.4, 0.5) is 11.5 Å². The summed E-state index contributed by atoms with van der Waals surface area (Å²) in [5, 5.41) is 3.09. The second-order valence-corrected chi connectivity index (χ2v) is 5.14. The van der Waals surface area contributed by atoms with Crippen LogP contribution in [0.25, 0.3) is 10.8 Å². The van der Waals surface area contributed by atoms with Crippen LogP contribution in [0.1, 0.15) is 0 Å². The SMILES string of the molecule is Nc1ccc(Sc2cccc3cnccc23)nc1N. The molecular formula is C14H12N4S. The van der Waals surface area contributed by atoms with Crippen molar-refractivity contribution in [2.75, 3.05) is 11.5 Å². The van der Waals surface area contributed by atoms with Crippen LogP contribution in [0.5, 0.6) is 0 Å². The van der Waals surface area contributed by atoms with Crippen LogP contribution in [0, 0.1) is 0 Å². The van der Waals surface area contributed by atoms with E-state index in [2.05, 4.69) is 16.0 Å². The topological polar surface area (TPSA) is 77.8 Å². The minimum Gasteiger partial charge on any atom is -0.396 e. The normalized spacial score (nSPS) is 10.7. The average molecular weight is 268 g/mol. The molecule has 0 saturated carbocycles. The van der Waals surface area contributed by atoms with Crippen molar-refractivity contribution < 1.29 is 0 Å². The summed E-state index contributed by atoms with van der Waals surface area (Å²) in [6.07, 6.45) is 3.64. The Morgan fingerprint density at radius 1 is 1.00 bits per heavy atom. The van der Waals surface area contributed by atoms with Crippen LogP contribution >= 0.6 is 11.8 Å². The van der Waals surface area contributed by atoms with Crippen LogP contribution < -0.4 is 11.5 Å². The second-order valence-electron chi connectivity index (χ2n) is 4.08. The molecule has 19 heavy (non-hydrogen) atoms. The number of rotatable bonds is 2. The first-order valence-corrected chi connectivity index (χ1v) is 6.58. The predicted molar refractivity (Wildman–Crippen MR) is 78.9 cm³/mol. The lowest BCUT2D eigenvalue weighted by Gasteiger charge is -2.06. The van der Waals surface area contributed by atoms with E-state index in [4.69, 9.17) is 11.5 Å². The summed E-state index contributed by atoms with van der Waals surface area (Å²) in [4.78, 5) is 9.52. The number of anilines is 2. The van der Waals surface area contributed by atoms with E-state index in [0.29, 0.717) is 11.5 Å². The van der Waals surface area contributed by atoms with E-state index in [0.717, 1.165) is 20.7 Å². The molecule has 3 aromatic rings. The van der Waals surface area contributed by atoms with E-state index in [1.807, 2.05) is 30.5 Å². The van der Waals surface area contributed by atoms with Gasteiger partial charge in [-0.1, -0.05) is 23.9 Å². The van der Waals surface area contributed by atoms with Crippen molar-refractivity contribution >= 4 is 34.0 Å². The van der Waals surface area contributed by atoms with Gasteiger partial charge in [0.05, 0.1) is 5.69 Å². The van der Waals surface area contributed by atoms with Gasteiger partial charge < -0.3 is 11.5 Å². The molecule has 0 saturated heterocycles. The first-order valence-electron chi connectivity index (χ1n) is 5.76. The molecule has 0 unspecified atom stereocenters. The fraction of sp³-hybridized carbons (Fsp3) is 0. The van der Waals surface area contributed by atoms with Crippen molar-refractivity contribution in [2.24, 2.45) is 0 Å². The fourth-order valence-corrected chi connectivity index (χ4v) is 2.77. The zero-order valence-corrected chi connectivity index (χ0v) is 10.9. The second kappa shape index (κ2) is 4.78. The molecule has 4 N–H and O–H groups in total. The van der Waals surface area contributed by atoms with Gasteiger partial charge in [-0.25, -0.2) is 4.98 Å². The highest BCUT2D eigenvalue weighted by Gasteiger charge is 2.05. The van der Waals surface area contributed by atoms with E-state index >= 15 is 0 Å². The Hall–Kier alpha value is -2.27. The first-order chi connectivity index (χ1) is 9.24. The van der Waals surface area contributed by atoms with Gasteiger partial charge in [-0.2, -0.15) is 0 Å². The number of nitrogen functional groups attached to an aromatic ring is 2. The summed E-state index contributed by atoms with van der Waals surface area (Å²) in [5.41, 5.74) is 11.9. The van der Waals surface area contributed by atoms with Gasteiger partial charge >= 0.3 is 0 Å². The van der Waals surface area contributed by atoms with Gasteiger partial charge in [0.15, 0.2) is 0 Å². The van der Waals surface area contributed by atoms with Gasteiger partial charge in [0.25, 0.3) is 0 Å². The van der Waals surface area contributed by atoms with Crippen molar-refractivity contribution in [3.63, 3.8) is 0 Å². The molecule has 3 rings (SSSR count). The number of fused-ring (bicyclic) bond motifs is 1. The molecule has 2 heterocycles. The van der Waals surface area contributed by atoms with Crippen molar-refractivity contribution in [1.82, 2.24) is 9.97 Å². The summed E-state index contributed by atoms with van der Waals surface area (Å²) in [7, 11) is 0. The first kappa shape index (κ1) is 11.8. The summed E-state index contributed by atoms with van der Waals surface area (Å²) in [5.74, 6) is 0.368. The maximum absolute atomic E-state index is 5.73. The lowest BCUT2D eigenvalue weighted by atomic mass is 10.2. The molecule has 2 aromatic heterocycles. The maximum Gasteiger partial charge on any atom is 0.147 e. The summed E-state index contributed by atoms with van der Waals surface area (Å²) in [6.45, 7) is 0. The van der Waals surface area contributed by atoms with E-state index in [1.54, 1.807) is 24.0 Å². The molecule has 0 aliphatic carbocycles. The van der Waals surface area contributed by atoms with Crippen LogP contribution in [0.3, 0.4) is 0 Å². The third-order valence-corrected chi connectivity index (χ3v) is 3.80. The molecule has 0 atom stereocenters. The van der Waals surface area contributed by atoms with E-state index in [9.17, 15) is 0 Å². The molecule has 0 radical (unpaired) electrons. The van der Waals surface area contributed by atoms with E-state index in [1.165, 1.54) is 0 Å². The monoisotopic (exact) mass is 268 g/mol. The standard InChI is InChI=1S/C14H12N4S/c15-11-4-5-13(18-14(11)16)19-12-3-1-2-9-8-17-7-6-10(9)12/h1-8H,15H2,(H2,16,18). The highest BCUT2D eigenvalue weighted by Crippen LogP contribution is 2.33. The summed E-state index contributed by atoms with van der Waals surface area (Å²) < 4.78 is 0. The number of pyridine rings is 2. The van der Waals surface area contributed by atoms with Gasteiger partial charge in [-0.05, 0) is 29.7 Å². The Bertz CT molecular complexity index is 737. The average Bonchev–Trinajstić information content (AvgIpc) is 2.43. The zero-order chi connectivity index (χ0) is 13.2. The van der Waals surface area contributed by atoms with Gasteiger partial charge in [0.1, 0.15) is 10.8 Å². The van der Waals surface area contributed by atoms with Crippen LogP contribution in [0.2, 0.25) is 0 Å². The van der Waals surface area contributed by atoms with E-state index < -0.39 is 0 Å². The minimum absolute atomic E-state index is 0.368. The molecule has 0 aliphatic heterocycles. The Labute approximate surface area is 114 Å². The van der Waals surface area contributed by atoms with Gasteiger partial charge in [0, 0.05) is 22.7 Å². The smallest absolute Gasteiger partial charge is 0.147 e. The van der Waals surface area contributed by atoms with Crippen LogP contribution in [-0.2, 0) is 0 Å². The predicted octanol–water partition coefficient (Wildman–Crippen LogP) is 2.95. The number of aromatic nitrogens is 2. The van der Waals surface area contributed by atoms with Crippen LogP contribution in [0.15, 0.2) is 58.7 Å². The molecule has 5 heteroatoms. The molecule has 0 spiro atoms. The number of hydrogen-bond donors (Lipinski definition) is 2. The number of nitrogens with zero attached hydrogens (tertiary/aromatic N) is 2. The summed E-state index contributed by atoms with van der Waals surface area (Å²) >= 11 is 1.57. The summed E-state index contributed by atoms with van der Waals surface area (Å²) in [6, 6.07) is 11.7. The third kappa shape index (κ3) is 2.32. The zero-order valence-electron chi connectivity index (χ0n) is 10.1. The molecule has 1 aromatic carbocycles. The highest BCUT2D eigenvalue weighted by molar-refractivity contribution is 7.99. The van der Waals surface area contributed by atoms with Crippen molar-refractivity contribution in [3.8, 4) is 0 Å². The lowest BCUT2D eigenvalue weighted by molar-refractivity contribution is 1.15. The molecule has 4 nitrogen and oxygen atoms in total. The fourth-order valence-electron chi connectivity index (χ4n) is 1.82. The Balaban J connectivity index is 2.03. The lowest BCUT2D eigenvalue weighted by Crippen LogP contribution is -1.97. The molecular weight excluding hydrogens is 256 g/mol. The minimum atomic E-state index is 0.368.